The first-order valence-corrected chi connectivity index (χ1v) is 11.7. The second kappa shape index (κ2) is 8.54. The minimum atomic E-state index is -4.57. The van der Waals surface area contributed by atoms with Gasteiger partial charge >= 0.3 is 6.18 Å². The zero-order valence-corrected chi connectivity index (χ0v) is 19.0. The molecule has 186 valence electrons. The Morgan fingerprint density at radius 2 is 1.91 bits per heavy atom. The van der Waals surface area contributed by atoms with E-state index < -0.39 is 30.2 Å². The summed E-state index contributed by atoms with van der Waals surface area (Å²) < 4.78 is 48.8. The molecule has 1 aromatic rings. The second-order valence-corrected chi connectivity index (χ2v) is 9.62. The van der Waals surface area contributed by atoms with Gasteiger partial charge < -0.3 is 19.4 Å². The number of anilines is 2. The number of ketones is 1. The summed E-state index contributed by atoms with van der Waals surface area (Å²) >= 11 is 0. The van der Waals surface area contributed by atoms with Crippen LogP contribution in [0.4, 0.5) is 24.9 Å². The summed E-state index contributed by atoms with van der Waals surface area (Å²) in [5, 5.41) is 0. The van der Waals surface area contributed by atoms with E-state index >= 15 is 0 Å². The molecule has 0 aromatic carbocycles. The quantitative estimate of drug-likeness (QED) is 0.636. The van der Waals surface area contributed by atoms with Gasteiger partial charge in [-0.1, -0.05) is 0 Å². The highest BCUT2D eigenvalue weighted by molar-refractivity contribution is 5.86. The number of hydrogen-bond donors (Lipinski definition) is 0. The number of likely N-dealkylation sites (tertiary alicyclic amines) is 1. The van der Waals surface area contributed by atoms with E-state index in [-0.39, 0.29) is 42.8 Å². The van der Waals surface area contributed by atoms with Crippen molar-refractivity contribution in [3.8, 4) is 0 Å². The number of Topliss-reactive ketones (excluding diaryl/α,β-unsaturated/α-hetero) is 1. The minimum Gasteiger partial charge on any atom is -0.374 e. The predicted molar refractivity (Wildman–Crippen MR) is 116 cm³/mol. The fourth-order valence-electron chi connectivity index (χ4n) is 5.62. The van der Waals surface area contributed by atoms with Gasteiger partial charge in [0.25, 0.3) is 5.56 Å². The Balaban J connectivity index is 1.43. The molecule has 1 aromatic heterocycles. The summed E-state index contributed by atoms with van der Waals surface area (Å²) in [5.41, 5.74) is -0.420. The maximum atomic E-state index is 14.0. The van der Waals surface area contributed by atoms with E-state index in [1.54, 1.807) is 4.90 Å². The first kappa shape index (κ1) is 23.1. The third-order valence-electron chi connectivity index (χ3n) is 7.53. The molecule has 0 aliphatic carbocycles. The van der Waals surface area contributed by atoms with Crippen molar-refractivity contribution < 1.29 is 27.5 Å². The molecule has 34 heavy (non-hydrogen) atoms. The summed E-state index contributed by atoms with van der Waals surface area (Å²) in [7, 11) is 0. The van der Waals surface area contributed by atoms with E-state index in [1.807, 2.05) is 4.90 Å². The largest absolute Gasteiger partial charge is 0.408 e. The van der Waals surface area contributed by atoms with Crippen molar-refractivity contribution in [1.29, 1.82) is 0 Å². The van der Waals surface area contributed by atoms with Crippen molar-refractivity contribution in [1.82, 2.24) is 14.5 Å². The smallest absolute Gasteiger partial charge is 0.374 e. The average Bonchev–Trinajstić information content (AvgIpc) is 3.42. The molecular weight excluding hydrogens is 455 g/mol. The van der Waals surface area contributed by atoms with Gasteiger partial charge in [0.1, 0.15) is 11.9 Å². The first-order valence-electron chi connectivity index (χ1n) is 11.7. The summed E-state index contributed by atoms with van der Waals surface area (Å²) in [6.07, 6.45) is -3.23. The van der Waals surface area contributed by atoms with Crippen molar-refractivity contribution in [3.05, 3.63) is 16.4 Å². The van der Waals surface area contributed by atoms with Gasteiger partial charge in [0.2, 0.25) is 11.9 Å². The number of nitrogens with zero attached hydrogens (tertiary/aromatic N) is 5. The molecular formula is C22H28F3N5O4. The van der Waals surface area contributed by atoms with Gasteiger partial charge in [-0.2, -0.15) is 18.2 Å². The van der Waals surface area contributed by atoms with Gasteiger partial charge in [0.15, 0.2) is 5.78 Å². The number of rotatable bonds is 4. The number of alkyl halides is 3. The Morgan fingerprint density at radius 3 is 2.50 bits per heavy atom. The lowest BCUT2D eigenvalue weighted by Gasteiger charge is -2.40. The molecule has 0 radical (unpaired) electrons. The van der Waals surface area contributed by atoms with Crippen LogP contribution in [0.3, 0.4) is 0 Å². The van der Waals surface area contributed by atoms with Crippen LogP contribution in [-0.4, -0.2) is 83.3 Å². The number of aromatic nitrogens is 2. The van der Waals surface area contributed by atoms with Gasteiger partial charge in [0, 0.05) is 45.1 Å². The second-order valence-electron chi connectivity index (χ2n) is 9.62. The molecule has 3 saturated heterocycles. The molecule has 5 rings (SSSR count). The number of amides is 1. The molecule has 3 fully saturated rings. The molecule has 0 saturated carbocycles. The number of ether oxygens (including phenoxy) is 1. The molecule has 0 N–H and O–H groups in total. The SMILES string of the molecule is CC(=O)N1CCC(C(=O)CN2c3nc(N4CC5CC4CO5)cc(=O)n3CC[C@H]2C(F)(F)F)CC1. The average molecular weight is 483 g/mol. The number of morpholine rings is 1. The molecule has 3 atom stereocenters. The van der Waals surface area contributed by atoms with Gasteiger partial charge in [-0.15, -0.1) is 0 Å². The lowest BCUT2D eigenvalue weighted by Crippen LogP contribution is -2.55. The van der Waals surface area contributed by atoms with Gasteiger partial charge in [-0.3, -0.25) is 19.0 Å². The topological polar surface area (TPSA) is 88.0 Å². The number of fused-ring (bicyclic) bond motifs is 3. The summed E-state index contributed by atoms with van der Waals surface area (Å²) in [5.74, 6) is -0.595. The predicted octanol–water partition coefficient (Wildman–Crippen LogP) is 1.19. The van der Waals surface area contributed by atoms with Crippen molar-refractivity contribution in [2.24, 2.45) is 5.92 Å². The number of halogens is 3. The van der Waals surface area contributed by atoms with Crippen molar-refractivity contribution in [2.45, 2.75) is 63.5 Å². The van der Waals surface area contributed by atoms with Gasteiger partial charge in [-0.05, 0) is 25.7 Å². The molecule has 0 spiro atoms. The highest BCUT2D eigenvalue weighted by Crippen LogP contribution is 2.36. The zero-order valence-electron chi connectivity index (χ0n) is 19.0. The Hall–Kier alpha value is -2.63. The van der Waals surface area contributed by atoms with Crippen LogP contribution >= 0.6 is 0 Å². The number of piperidine rings is 1. The van der Waals surface area contributed by atoms with Crippen LogP contribution < -0.4 is 15.4 Å². The van der Waals surface area contributed by atoms with E-state index in [2.05, 4.69) is 4.98 Å². The standard InChI is InChI=1S/C22H28F3N5O4/c1-13(31)27-5-2-14(3-6-27)17(32)11-30-18(22(23,24)25)4-7-28-20(33)9-19(26-21(28)30)29-10-16-8-15(29)12-34-16/h9,14-16,18H,2-8,10-12H2,1H3/t15?,16?,18-/m0/s1. The number of carbonyl (C=O) groups is 2. The fraction of sp³-hybridized carbons (Fsp3) is 0.727. The van der Waals surface area contributed by atoms with Gasteiger partial charge in [0.05, 0.1) is 25.3 Å². The summed E-state index contributed by atoms with van der Waals surface area (Å²) in [4.78, 5) is 46.6. The van der Waals surface area contributed by atoms with Crippen LogP contribution in [0.25, 0.3) is 0 Å². The van der Waals surface area contributed by atoms with Crippen LogP contribution in [0.1, 0.15) is 32.6 Å². The lowest BCUT2D eigenvalue weighted by molar-refractivity contribution is -0.153. The minimum absolute atomic E-state index is 0.0343. The highest BCUT2D eigenvalue weighted by atomic mass is 19.4. The third kappa shape index (κ3) is 4.16. The molecule has 4 aliphatic heterocycles. The molecule has 12 heteroatoms. The normalized spacial score (nSPS) is 27.3. The highest BCUT2D eigenvalue weighted by Gasteiger charge is 2.48. The van der Waals surface area contributed by atoms with Crippen LogP contribution in [-0.2, 0) is 20.9 Å². The van der Waals surface area contributed by atoms with Crippen molar-refractivity contribution in [3.63, 3.8) is 0 Å². The van der Waals surface area contributed by atoms with E-state index in [1.165, 1.54) is 17.6 Å². The Morgan fingerprint density at radius 1 is 1.18 bits per heavy atom. The van der Waals surface area contributed by atoms with Crippen molar-refractivity contribution >= 4 is 23.5 Å². The third-order valence-corrected chi connectivity index (χ3v) is 7.53. The Labute approximate surface area is 194 Å². The number of hydrogen-bond acceptors (Lipinski definition) is 7. The summed E-state index contributed by atoms with van der Waals surface area (Å²) in [6, 6.07) is -0.479. The molecule has 9 nitrogen and oxygen atoms in total. The van der Waals surface area contributed by atoms with E-state index in [9.17, 15) is 27.6 Å². The molecule has 2 bridgehead atoms. The van der Waals surface area contributed by atoms with Crippen LogP contribution in [0, 0.1) is 5.92 Å². The molecule has 4 aliphatic rings. The van der Waals surface area contributed by atoms with Gasteiger partial charge in [-0.25, -0.2) is 0 Å². The van der Waals surface area contributed by atoms with Crippen LogP contribution in [0.2, 0.25) is 0 Å². The lowest BCUT2D eigenvalue weighted by atomic mass is 9.91. The van der Waals surface area contributed by atoms with Crippen LogP contribution in [0.5, 0.6) is 0 Å². The fourth-order valence-corrected chi connectivity index (χ4v) is 5.62. The first-order chi connectivity index (χ1) is 16.1. The van der Waals surface area contributed by atoms with Crippen molar-refractivity contribution in [2.75, 3.05) is 42.6 Å². The Kier molecular flexibility index (Phi) is 5.81. The van der Waals surface area contributed by atoms with E-state index in [0.29, 0.717) is 44.9 Å². The number of carbonyl (C=O) groups excluding carboxylic acids is 2. The Bertz CT molecular complexity index is 1040. The van der Waals surface area contributed by atoms with E-state index in [0.717, 1.165) is 11.3 Å². The molecule has 5 heterocycles. The van der Waals surface area contributed by atoms with E-state index in [4.69, 9.17) is 4.74 Å². The van der Waals surface area contributed by atoms with Crippen LogP contribution in [0.15, 0.2) is 10.9 Å². The molecule has 2 unspecified atom stereocenters. The zero-order chi connectivity index (χ0) is 24.2. The monoisotopic (exact) mass is 483 g/mol. The maximum Gasteiger partial charge on any atom is 0.408 e. The maximum absolute atomic E-state index is 14.0. The summed E-state index contributed by atoms with van der Waals surface area (Å²) in [6.45, 7) is 2.73. The molecule has 1 amide bonds.